The summed E-state index contributed by atoms with van der Waals surface area (Å²) >= 11 is 0. The monoisotopic (exact) mass is 290 g/mol. The number of para-hydroxylation sites is 1. The highest BCUT2D eigenvalue weighted by atomic mass is 16.5. The molecule has 0 spiro atoms. The fourth-order valence-corrected chi connectivity index (χ4v) is 2.94. The molecule has 0 bridgehead atoms. The summed E-state index contributed by atoms with van der Waals surface area (Å²) in [5, 5.41) is 3.04. The van der Waals surface area contributed by atoms with Crippen LogP contribution in [0.3, 0.4) is 0 Å². The number of nitrogens with one attached hydrogen (secondary N) is 1. The molecule has 1 aliphatic rings. The number of amides is 1. The first-order valence-electron chi connectivity index (χ1n) is 7.69. The van der Waals surface area contributed by atoms with E-state index in [0.29, 0.717) is 6.42 Å². The summed E-state index contributed by atoms with van der Waals surface area (Å²) in [6.07, 6.45) is 1.01. The third-order valence-corrected chi connectivity index (χ3v) is 3.90. The highest BCUT2D eigenvalue weighted by molar-refractivity contribution is 5.92. The molecule has 1 N–H and O–H groups in total. The molecular formula is C17H26N2O2. The number of morpholine rings is 1. The predicted molar refractivity (Wildman–Crippen MR) is 85.6 cm³/mol. The predicted octanol–water partition coefficient (Wildman–Crippen LogP) is 2.74. The van der Waals surface area contributed by atoms with Gasteiger partial charge in [0.15, 0.2) is 0 Å². The van der Waals surface area contributed by atoms with Crippen molar-refractivity contribution in [1.29, 1.82) is 0 Å². The first-order chi connectivity index (χ1) is 9.95. The van der Waals surface area contributed by atoms with Crippen LogP contribution < -0.4 is 5.32 Å². The first-order valence-corrected chi connectivity index (χ1v) is 7.69. The molecule has 116 valence electrons. The van der Waals surface area contributed by atoms with Crippen LogP contribution in [0.5, 0.6) is 0 Å². The van der Waals surface area contributed by atoms with Gasteiger partial charge in [0.1, 0.15) is 0 Å². The number of benzene rings is 1. The molecule has 0 saturated carbocycles. The van der Waals surface area contributed by atoms with Gasteiger partial charge >= 0.3 is 0 Å². The van der Waals surface area contributed by atoms with Gasteiger partial charge in [0, 0.05) is 31.7 Å². The van der Waals surface area contributed by atoms with Gasteiger partial charge in [-0.3, -0.25) is 9.69 Å². The van der Waals surface area contributed by atoms with E-state index in [1.54, 1.807) is 0 Å². The summed E-state index contributed by atoms with van der Waals surface area (Å²) in [6, 6.07) is 6.05. The lowest BCUT2D eigenvalue weighted by Crippen LogP contribution is -2.46. The van der Waals surface area contributed by atoms with Crippen LogP contribution in [0.25, 0.3) is 0 Å². The molecule has 0 radical (unpaired) electrons. The number of nitrogens with zero attached hydrogens (tertiary/aromatic N) is 1. The molecular weight excluding hydrogens is 264 g/mol. The van der Waals surface area contributed by atoms with Crippen LogP contribution in [-0.2, 0) is 9.53 Å². The van der Waals surface area contributed by atoms with E-state index in [-0.39, 0.29) is 18.1 Å². The topological polar surface area (TPSA) is 41.6 Å². The number of hydrogen-bond acceptors (Lipinski definition) is 3. The van der Waals surface area contributed by atoms with E-state index in [4.69, 9.17) is 4.74 Å². The van der Waals surface area contributed by atoms with E-state index in [1.807, 2.05) is 32.0 Å². The number of hydrogen-bond donors (Lipinski definition) is 1. The Balaban J connectivity index is 1.85. The van der Waals surface area contributed by atoms with E-state index in [9.17, 15) is 4.79 Å². The molecule has 1 fully saturated rings. The van der Waals surface area contributed by atoms with Crippen molar-refractivity contribution >= 4 is 11.6 Å². The second kappa shape index (κ2) is 7.05. The van der Waals surface area contributed by atoms with Crippen LogP contribution in [0.15, 0.2) is 18.2 Å². The van der Waals surface area contributed by atoms with Crippen LogP contribution in [0.4, 0.5) is 5.69 Å². The fourth-order valence-electron chi connectivity index (χ4n) is 2.94. The number of ether oxygens (including phenoxy) is 1. The van der Waals surface area contributed by atoms with Gasteiger partial charge < -0.3 is 10.1 Å². The second-order valence-electron chi connectivity index (χ2n) is 6.08. The maximum absolute atomic E-state index is 12.2. The molecule has 0 aromatic heterocycles. The minimum atomic E-state index is 0.0826. The normalized spacial score (nSPS) is 23.0. The molecule has 1 heterocycles. The molecule has 21 heavy (non-hydrogen) atoms. The van der Waals surface area contributed by atoms with Crippen molar-refractivity contribution in [3.05, 3.63) is 29.3 Å². The third kappa shape index (κ3) is 4.55. The second-order valence-corrected chi connectivity index (χ2v) is 6.08. The van der Waals surface area contributed by atoms with Crippen molar-refractivity contribution in [2.24, 2.45) is 0 Å². The molecule has 1 aliphatic heterocycles. The Labute approximate surface area is 127 Å². The van der Waals surface area contributed by atoms with E-state index >= 15 is 0 Å². The molecule has 0 aliphatic carbocycles. The van der Waals surface area contributed by atoms with Gasteiger partial charge in [0.25, 0.3) is 0 Å². The van der Waals surface area contributed by atoms with Gasteiger partial charge in [-0.05, 0) is 38.8 Å². The Morgan fingerprint density at radius 2 is 1.81 bits per heavy atom. The Hall–Kier alpha value is -1.39. The lowest BCUT2D eigenvalue weighted by Gasteiger charge is -2.35. The Bertz CT molecular complexity index is 471. The number of rotatable bonds is 4. The van der Waals surface area contributed by atoms with Gasteiger partial charge in [0.05, 0.1) is 12.2 Å². The van der Waals surface area contributed by atoms with Crippen LogP contribution in [0, 0.1) is 13.8 Å². The third-order valence-electron chi connectivity index (χ3n) is 3.90. The van der Waals surface area contributed by atoms with E-state index in [2.05, 4.69) is 24.1 Å². The standard InChI is InChI=1S/C17H26N2O2/c1-12-6-5-7-13(2)17(12)18-16(20)8-9-19-10-14(3)21-15(4)11-19/h5-7,14-15H,8-11H2,1-4H3,(H,18,20)/t14-,15-/m0/s1. The molecule has 0 unspecified atom stereocenters. The smallest absolute Gasteiger partial charge is 0.225 e. The summed E-state index contributed by atoms with van der Waals surface area (Å²) in [4.78, 5) is 14.5. The van der Waals surface area contributed by atoms with Gasteiger partial charge in [-0.1, -0.05) is 18.2 Å². The molecule has 2 atom stereocenters. The van der Waals surface area contributed by atoms with Crippen molar-refractivity contribution in [1.82, 2.24) is 4.90 Å². The van der Waals surface area contributed by atoms with Gasteiger partial charge in [0.2, 0.25) is 5.91 Å². The van der Waals surface area contributed by atoms with Crippen LogP contribution in [-0.4, -0.2) is 42.6 Å². The quantitative estimate of drug-likeness (QED) is 0.927. The van der Waals surface area contributed by atoms with Gasteiger partial charge in [-0.25, -0.2) is 0 Å². The van der Waals surface area contributed by atoms with Crippen molar-refractivity contribution in [2.75, 3.05) is 25.0 Å². The average Bonchev–Trinajstić information content (AvgIpc) is 2.40. The first kappa shape index (κ1) is 16.0. The lowest BCUT2D eigenvalue weighted by atomic mass is 10.1. The zero-order chi connectivity index (χ0) is 15.4. The molecule has 1 aromatic carbocycles. The molecule has 2 rings (SSSR count). The highest BCUT2D eigenvalue weighted by Crippen LogP contribution is 2.19. The molecule has 4 nitrogen and oxygen atoms in total. The molecule has 1 amide bonds. The molecule has 1 aromatic rings. The fraction of sp³-hybridized carbons (Fsp3) is 0.588. The van der Waals surface area contributed by atoms with Crippen molar-refractivity contribution < 1.29 is 9.53 Å². The maximum atomic E-state index is 12.2. The zero-order valence-corrected chi connectivity index (χ0v) is 13.5. The average molecular weight is 290 g/mol. The Morgan fingerprint density at radius 1 is 1.24 bits per heavy atom. The molecule has 4 heteroatoms. The maximum Gasteiger partial charge on any atom is 0.225 e. The van der Waals surface area contributed by atoms with Crippen molar-refractivity contribution in [3.8, 4) is 0 Å². The summed E-state index contributed by atoms with van der Waals surface area (Å²) in [6.45, 7) is 10.8. The minimum absolute atomic E-state index is 0.0826. The largest absolute Gasteiger partial charge is 0.373 e. The SMILES string of the molecule is Cc1cccc(C)c1NC(=O)CCN1C[C@H](C)O[C@@H](C)C1. The number of carbonyl (C=O) groups is 1. The number of carbonyl (C=O) groups excluding carboxylic acids is 1. The van der Waals surface area contributed by atoms with Crippen molar-refractivity contribution in [3.63, 3.8) is 0 Å². The van der Waals surface area contributed by atoms with E-state index in [0.717, 1.165) is 36.4 Å². The van der Waals surface area contributed by atoms with Gasteiger partial charge in [-0.2, -0.15) is 0 Å². The van der Waals surface area contributed by atoms with E-state index in [1.165, 1.54) is 0 Å². The summed E-state index contributed by atoms with van der Waals surface area (Å²) in [7, 11) is 0. The Kier molecular flexibility index (Phi) is 5.37. The zero-order valence-electron chi connectivity index (χ0n) is 13.5. The van der Waals surface area contributed by atoms with Gasteiger partial charge in [-0.15, -0.1) is 0 Å². The summed E-state index contributed by atoms with van der Waals surface area (Å²) in [5.41, 5.74) is 3.17. The van der Waals surface area contributed by atoms with Crippen LogP contribution in [0.1, 0.15) is 31.4 Å². The highest BCUT2D eigenvalue weighted by Gasteiger charge is 2.22. The van der Waals surface area contributed by atoms with Crippen LogP contribution in [0.2, 0.25) is 0 Å². The molecule has 1 saturated heterocycles. The lowest BCUT2D eigenvalue weighted by molar-refractivity contribution is -0.117. The summed E-state index contributed by atoms with van der Waals surface area (Å²) in [5.74, 6) is 0.0826. The number of anilines is 1. The van der Waals surface area contributed by atoms with Crippen molar-refractivity contribution in [2.45, 2.75) is 46.3 Å². The van der Waals surface area contributed by atoms with E-state index < -0.39 is 0 Å². The Morgan fingerprint density at radius 3 is 2.38 bits per heavy atom. The minimum Gasteiger partial charge on any atom is -0.373 e. The summed E-state index contributed by atoms with van der Waals surface area (Å²) < 4.78 is 5.71. The van der Waals surface area contributed by atoms with Crippen LogP contribution >= 0.6 is 0 Å². The number of aryl methyl sites for hydroxylation is 2.